The maximum atomic E-state index is 11.9. The van der Waals surface area contributed by atoms with Crippen LogP contribution < -0.4 is 0 Å². The molecule has 0 bridgehead atoms. The first-order chi connectivity index (χ1) is 8.82. The second-order valence-electron chi connectivity index (χ2n) is 6.76. The smallest absolute Gasteiger partial charge is 0.409 e. The molecule has 0 aromatic heterocycles. The van der Waals surface area contributed by atoms with Crippen molar-refractivity contribution in [1.29, 1.82) is 0 Å². The standard InChI is InChI=1S/C16H29NO2/c1-13(2)14(3)11-16(4,5)12-19-15(18)17-9-7-6-8-10-17/h13H,3,6-12H2,1-2,4-5H3. The van der Waals surface area contributed by atoms with Crippen molar-refractivity contribution < 1.29 is 9.53 Å². The number of ether oxygens (including phenoxy) is 1. The molecule has 0 spiro atoms. The number of hydrogen-bond acceptors (Lipinski definition) is 2. The van der Waals surface area contributed by atoms with Gasteiger partial charge in [0.05, 0.1) is 6.61 Å². The minimum absolute atomic E-state index is 0.0349. The predicted octanol–water partition coefficient (Wildman–Crippen LogP) is 4.24. The lowest BCUT2D eigenvalue weighted by atomic mass is 9.83. The van der Waals surface area contributed by atoms with Gasteiger partial charge in [0, 0.05) is 18.5 Å². The molecule has 1 aliphatic heterocycles. The van der Waals surface area contributed by atoms with Gasteiger partial charge in [0.2, 0.25) is 0 Å². The SMILES string of the molecule is C=C(CC(C)(C)COC(=O)N1CCCCC1)C(C)C. The Morgan fingerprint density at radius 2 is 1.84 bits per heavy atom. The molecule has 3 heteroatoms. The van der Waals surface area contributed by atoms with Gasteiger partial charge >= 0.3 is 6.09 Å². The molecule has 0 aromatic rings. The second kappa shape index (κ2) is 6.97. The van der Waals surface area contributed by atoms with Gasteiger partial charge in [-0.2, -0.15) is 0 Å². The molecule has 0 unspecified atom stereocenters. The lowest BCUT2D eigenvalue weighted by Crippen LogP contribution is -2.37. The van der Waals surface area contributed by atoms with Crippen molar-refractivity contribution in [3.05, 3.63) is 12.2 Å². The summed E-state index contributed by atoms with van der Waals surface area (Å²) in [6, 6.07) is 0. The highest BCUT2D eigenvalue weighted by Gasteiger charge is 2.24. The van der Waals surface area contributed by atoms with E-state index in [1.54, 1.807) is 0 Å². The summed E-state index contributed by atoms with van der Waals surface area (Å²) < 4.78 is 5.47. The molecule has 1 saturated heterocycles. The monoisotopic (exact) mass is 267 g/mol. The molecule has 0 N–H and O–H groups in total. The molecule has 0 aliphatic carbocycles. The van der Waals surface area contributed by atoms with Crippen molar-refractivity contribution in [3.8, 4) is 0 Å². The Morgan fingerprint density at radius 1 is 1.26 bits per heavy atom. The molecular formula is C16H29NO2. The van der Waals surface area contributed by atoms with Crippen molar-refractivity contribution >= 4 is 6.09 Å². The first-order valence-electron chi connectivity index (χ1n) is 7.41. The average Bonchev–Trinajstić information content (AvgIpc) is 2.36. The Labute approximate surface area is 118 Å². The number of nitrogens with zero attached hydrogens (tertiary/aromatic N) is 1. The maximum Gasteiger partial charge on any atom is 0.409 e. The van der Waals surface area contributed by atoms with Crippen LogP contribution in [0, 0.1) is 11.3 Å². The summed E-state index contributed by atoms with van der Waals surface area (Å²) in [5.74, 6) is 0.483. The molecule has 0 aromatic carbocycles. The fourth-order valence-electron chi connectivity index (χ4n) is 2.29. The fraction of sp³-hybridized carbons (Fsp3) is 0.812. The van der Waals surface area contributed by atoms with Crippen LogP contribution in [0.1, 0.15) is 53.4 Å². The molecule has 0 saturated carbocycles. The number of rotatable bonds is 5. The minimum atomic E-state index is -0.150. The molecule has 19 heavy (non-hydrogen) atoms. The van der Waals surface area contributed by atoms with Crippen LogP contribution in [0.3, 0.4) is 0 Å². The Kier molecular flexibility index (Phi) is 5.89. The summed E-state index contributed by atoms with van der Waals surface area (Å²) in [6.45, 7) is 14.8. The van der Waals surface area contributed by atoms with Crippen LogP contribution >= 0.6 is 0 Å². The lowest BCUT2D eigenvalue weighted by molar-refractivity contribution is 0.0617. The van der Waals surface area contributed by atoms with Gasteiger partial charge in [0.15, 0.2) is 0 Å². The van der Waals surface area contributed by atoms with E-state index < -0.39 is 0 Å². The Morgan fingerprint density at radius 3 is 2.37 bits per heavy atom. The Balaban J connectivity index is 2.37. The molecule has 0 radical (unpaired) electrons. The summed E-state index contributed by atoms with van der Waals surface area (Å²) in [7, 11) is 0. The van der Waals surface area contributed by atoms with E-state index in [2.05, 4.69) is 34.3 Å². The molecular weight excluding hydrogens is 238 g/mol. The van der Waals surface area contributed by atoms with Crippen molar-refractivity contribution in [1.82, 2.24) is 4.90 Å². The maximum absolute atomic E-state index is 11.9. The summed E-state index contributed by atoms with van der Waals surface area (Å²) in [6.07, 6.45) is 4.18. The zero-order valence-corrected chi connectivity index (χ0v) is 13.0. The summed E-state index contributed by atoms with van der Waals surface area (Å²) in [5, 5.41) is 0. The molecule has 0 atom stereocenters. The predicted molar refractivity (Wildman–Crippen MR) is 79.1 cm³/mol. The van der Waals surface area contributed by atoms with Crippen LogP contribution in [0.2, 0.25) is 0 Å². The van der Waals surface area contributed by atoms with Crippen LogP contribution in [0.4, 0.5) is 4.79 Å². The number of allylic oxidation sites excluding steroid dienone is 1. The molecule has 3 nitrogen and oxygen atoms in total. The van der Waals surface area contributed by atoms with Gasteiger partial charge in [0.1, 0.15) is 0 Å². The number of carbonyl (C=O) groups is 1. The Hall–Kier alpha value is -0.990. The van der Waals surface area contributed by atoms with E-state index >= 15 is 0 Å². The van der Waals surface area contributed by atoms with Crippen LogP contribution in [0.5, 0.6) is 0 Å². The number of amides is 1. The van der Waals surface area contributed by atoms with Crippen LogP contribution in [-0.4, -0.2) is 30.7 Å². The van der Waals surface area contributed by atoms with Gasteiger partial charge < -0.3 is 9.64 Å². The average molecular weight is 267 g/mol. The first-order valence-corrected chi connectivity index (χ1v) is 7.41. The molecule has 1 aliphatic rings. The van der Waals surface area contributed by atoms with Gasteiger partial charge in [-0.25, -0.2) is 4.79 Å². The highest BCUT2D eigenvalue weighted by atomic mass is 16.6. The van der Waals surface area contributed by atoms with E-state index in [4.69, 9.17) is 4.74 Å². The highest BCUT2D eigenvalue weighted by Crippen LogP contribution is 2.28. The first kappa shape index (κ1) is 16.1. The van der Waals surface area contributed by atoms with Crippen molar-refractivity contribution in [3.63, 3.8) is 0 Å². The van der Waals surface area contributed by atoms with E-state index in [9.17, 15) is 4.79 Å². The summed E-state index contributed by atoms with van der Waals surface area (Å²) in [5.41, 5.74) is 1.19. The van der Waals surface area contributed by atoms with Gasteiger partial charge in [-0.1, -0.05) is 39.8 Å². The summed E-state index contributed by atoms with van der Waals surface area (Å²) in [4.78, 5) is 13.8. The molecule has 1 rings (SSSR count). The fourth-order valence-corrected chi connectivity index (χ4v) is 2.29. The third-order valence-corrected chi connectivity index (χ3v) is 3.72. The van der Waals surface area contributed by atoms with Crippen molar-refractivity contribution in [2.75, 3.05) is 19.7 Å². The van der Waals surface area contributed by atoms with Crippen LogP contribution in [0.25, 0.3) is 0 Å². The largest absolute Gasteiger partial charge is 0.449 e. The number of likely N-dealkylation sites (tertiary alicyclic amines) is 1. The quantitative estimate of drug-likeness (QED) is 0.697. The lowest BCUT2D eigenvalue weighted by Gasteiger charge is -2.30. The van der Waals surface area contributed by atoms with Gasteiger partial charge in [0.25, 0.3) is 0 Å². The number of piperidine rings is 1. The minimum Gasteiger partial charge on any atom is -0.449 e. The third kappa shape index (κ3) is 5.66. The van der Waals surface area contributed by atoms with Crippen molar-refractivity contribution in [2.45, 2.75) is 53.4 Å². The van der Waals surface area contributed by atoms with E-state index in [-0.39, 0.29) is 11.5 Å². The number of carbonyl (C=O) groups excluding carboxylic acids is 1. The van der Waals surface area contributed by atoms with E-state index in [1.807, 2.05) is 4.90 Å². The van der Waals surface area contributed by atoms with Crippen LogP contribution in [0.15, 0.2) is 12.2 Å². The normalized spacial score (nSPS) is 16.6. The Bertz CT molecular complexity index is 315. The van der Waals surface area contributed by atoms with Gasteiger partial charge in [-0.15, -0.1) is 0 Å². The van der Waals surface area contributed by atoms with Crippen molar-refractivity contribution in [2.24, 2.45) is 11.3 Å². The zero-order chi connectivity index (χ0) is 14.5. The van der Waals surface area contributed by atoms with E-state index in [1.165, 1.54) is 12.0 Å². The van der Waals surface area contributed by atoms with E-state index in [0.29, 0.717) is 12.5 Å². The molecule has 1 amide bonds. The molecule has 1 heterocycles. The number of hydrogen-bond donors (Lipinski definition) is 0. The summed E-state index contributed by atoms with van der Waals surface area (Å²) >= 11 is 0. The van der Waals surface area contributed by atoms with Crippen LogP contribution in [-0.2, 0) is 4.74 Å². The zero-order valence-electron chi connectivity index (χ0n) is 13.0. The third-order valence-electron chi connectivity index (χ3n) is 3.72. The molecule has 110 valence electrons. The topological polar surface area (TPSA) is 29.5 Å². The van der Waals surface area contributed by atoms with E-state index in [0.717, 1.165) is 32.4 Å². The van der Waals surface area contributed by atoms with Gasteiger partial charge in [-0.3, -0.25) is 0 Å². The highest BCUT2D eigenvalue weighted by molar-refractivity contribution is 5.67. The molecule has 1 fully saturated rings. The van der Waals surface area contributed by atoms with Gasteiger partial charge in [-0.05, 0) is 31.6 Å². The second-order valence-corrected chi connectivity index (χ2v) is 6.76.